The van der Waals surface area contributed by atoms with Crippen molar-refractivity contribution in [3.63, 3.8) is 0 Å². The Morgan fingerprint density at radius 2 is 1.31 bits per heavy atom. The molecule has 1 N–H and O–H groups in total. The van der Waals surface area contributed by atoms with Gasteiger partial charge in [-0.1, -0.05) is 18.7 Å². The Morgan fingerprint density at radius 3 is 1.93 bits per heavy atom. The van der Waals surface area contributed by atoms with Gasteiger partial charge in [-0.25, -0.2) is 9.59 Å². The van der Waals surface area contributed by atoms with Gasteiger partial charge in [-0.05, 0) is 80.1 Å². The lowest BCUT2D eigenvalue weighted by molar-refractivity contribution is -0.140. The molecule has 2 aromatic carbocycles. The number of rotatable bonds is 18. The van der Waals surface area contributed by atoms with Gasteiger partial charge in [0, 0.05) is 24.8 Å². The van der Waals surface area contributed by atoms with Crippen LogP contribution in [0.3, 0.4) is 0 Å². The number of nitrogens with zero attached hydrogens (tertiary/aromatic N) is 1. The average molecular weight is 578 g/mol. The van der Waals surface area contributed by atoms with Gasteiger partial charge in [-0.2, -0.15) is 0 Å². The van der Waals surface area contributed by atoms with E-state index >= 15 is 0 Å². The summed E-state index contributed by atoms with van der Waals surface area (Å²) < 4.78 is 21.7. The van der Waals surface area contributed by atoms with Crippen LogP contribution < -0.4 is 14.2 Å². The highest BCUT2D eigenvalue weighted by atomic mass is 16.5. The number of ether oxygens (including phenoxy) is 4. The second kappa shape index (κ2) is 17.2. The SMILES string of the molecule is C=C(CO)C(=O)OCCCCCCOc1ccc(OC(=O)/C=C/c2ccc(OCCCN3C(=O)C=CC3=O)cc2)cc1. The molecule has 3 rings (SSSR count). The molecule has 222 valence electrons. The van der Waals surface area contributed by atoms with Crippen molar-refractivity contribution in [2.75, 3.05) is 33.0 Å². The van der Waals surface area contributed by atoms with Gasteiger partial charge in [-0.15, -0.1) is 0 Å². The van der Waals surface area contributed by atoms with Crippen molar-refractivity contribution in [1.29, 1.82) is 0 Å². The highest BCUT2D eigenvalue weighted by Gasteiger charge is 2.22. The van der Waals surface area contributed by atoms with Gasteiger partial charge in [0.05, 0.1) is 32.0 Å². The van der Waals surface area contributed by atoms with Gasteiger partial charge >= 0.3 is 11.9 Å². The lowest BCUT2D eigenvalue weighted by atomic mass is 10.2. The molecule has 0 spiro atoms. The van der Waals surface area contributed by atoms with Crippen molar-refractivity contribution in [2.24, 2.45) is 0 Å². The molecule has 0 saturated carbocycles. The van der Waals surface area contributed by atoms with Crippen molar-refractivity contribution in [2.45, 2.75) is 32.1 Å². The Hall–Kier alpha value is -4.70. The summed E-state index contributed by atoms with van der Waals surface area (Å²) in [4.78, 5) is 47.8. The molecule has 0 aliphatic carbocycles. The van der Waals surface area contributed by atoms with E-state index in [1.807, 2.05) is 0 Å². The van der Waals surface area contributed by atoms with Gasteiger partial charge < -0.3 is 24.1 Å². The van der Waals surface area contributed by atoms with Crippen LogP contribution in [0, 0.1) is 0 Å². The summed E-state index contributed by atoms with van der Waals surface area (Å²) in [5.74, 6) is 0.00945. The van der Waals surface area contributed by atoms with Crippen LogP contribution in [0.25, 0.3) is 6.08 Å². The zero-order chi connectivity index (χ0) is 30.2. The molecule has 0 saturated heterocycles. The van der Waals surface area contributed by atoms with E-state index in [1.165, 1.54) is 23.1 Å². The van der Waals surface area contributed by atoms with Crippen molar-refractivity contribution in [3.05, 3.63) is 84.5 Å². The van der Waals surface area contributed by atoms with Crippen LogP contribution in [0.5, 0.6) is 17.2 Å². The number of carbonyl (C=O) groups excluding carboxylic acids is 4. The summed E-state index contributed by atoms with van der Waals surface area (Å²) in [7, 11) is 0. The summed E-state index contributed by atoms with van der Waals surface area (Å²) in [6, 6.07) is 13.9. The minimum absolute atomic E-state index is 0.0515. The topological polar surface area (TPSA) is 129 Å². The maximum Gasteiger partial charge on any atom is 0.336 e. The van der Waals surface area contributed by atoms with Crippen LogP contribution >= 0.6 is 0 Å². The number of unbranched alkanes of at least 4 members (excludes halogenated alkanes) is 3. The maximum absolute atomic E-state index is 12.2. The third kappa shape index (κ3) is 11.1. The summed E-state index contributed by atoms with van der Waals surface area (Å²) in [6.45, 7) is 4.50. The maximum atomic E-state index is 12.2. The molecular formula is C32H35NO9. The quantitative estimate of drug-likeness (QED) is 0.0918. The molecule has 1 heterocycles. The third-order valence-corrected chi connectivity index (χ3v) is 6.05. The van der Waals surface area contributed by atoms with Crippen LogP contribution in [0.15, 0.2) is 78.9 Å². The summed E-state index contributed by atoms with van der Waals surface area (Å²) >= 11 is 0. The molecule has 1 aliphatic heterocycles. The standard InChI is InChI=1S/C32H35NO9/c1-24(23-34)32(38)41-21-5-3-2-4-20-39-27-12-14-28(15-13-27)42-31(37)18-9-25-7-10-26(11-8-25)40-22-6-19-33-29(35)16-17-30(33)36/h7-18,34H,1-6,19-23H2/b18-9+. The zero-order valence-electron chi connectivity index (χ0n) is 23.4. The molecule has 0 unspecified atom stereocenters. The summed E-state index contributed by atoms with van der Waals surface area (Å²) in [6.07, 6.45) is 9.38. The Kier molecular flexibility index (Phi) is 13.0. The first-order valence-electron chi connectivity index (χ1n) is 13.7. The molecule has 0 bridgehead atoms. The van der Waals surface area contributed by atoms with Gasteiger partial charge in [-0.3, -0.25) is 14.5 Å². The molecule has 2 aromatic rings. The lowest BCUT2D eigenvalue weighted by Gasteiger charge is -2.13. The van der Waals surface area contributed by atoms with Gasteiger partial charge in [0.2, 0.25) is 0 Å². The van der Waals surface area contributed by atoms with Crippen LogP contribution in [0.2, 0.25) is 0 Å². The van der Waals surface area contributed by atoms with Crippen LogP contribution in [0.4, 0.5) is 0 Å². The number of hydrogen-bond acceptors (Lipinski definition) is 9. The number of aliphatic hydroxyl groups excluding tert-OH is 1. The summed E-state index contributed by atoms with van der Waals surface area (Å²) in [5.41, 5.74) is 0.839. The second-order valence-electron chi connectivity index (χ2n) is 9.32. The van der Waals surface area contributed by atoms with Crippen molar-refractivity contribution >= 4 is 29.8 Å². The van der Waals surface area contributed by atoms with Crippen LogP contribution in [0.1, 0.15) is 37.7 Å². The van der Waals surface area contributed by atoms with E-state index < -0.39 is 18.5 Å². The summed E-state index contributed by atoms with van der Waals surface area (Å²) in [5, 5.41) is 8.82. The molecule has 2 amide bonds. The molecule has 0 aromatic heterocycles. The monoisotopic (exact) mass is 577 g/mol. The fourth-order valence-corrected chi connectivity index (χ4v) is 3.74. The first-order chi connectivity index (χ1) is 20.4. The predicted molar refractivity (Wildman–Crippen MR) is 155 cm³/mol. The minimum atomic E-state index is -0.566. The van der Waals surface area contributed by atoms with Gasteiger partial charge in [0.15, 0.2) is 0 Å². The second-order valence-corrected chi connectivity index (χ2v) is 9.32. The van der Waals surface area contributed by atoms with Gasteiger partial charge in [0.1, 0.15) is 17.2 Å². The van der Waals surface area contributed by atoms with E-state index in [4.69, 9.17) is 24.1 Å². The Bertz CT molecular complexity index is 1260. The fourth-order valence-electron chi connectivity index (χ4n) is 3.74. The Balaban J connectivity index is 1.27. The van der Waals surface area contributed by atoms with E-state index in [1.54, 1.807) is 54.6 Å². The van der Waals surface area contributed by atoms with Crippen molar-refractivity contribution in [1.82, 2.24) is 4.90 Å². The van der Waals surface area contributed by atoms with E-state index in [-0.39, 0.29) is 17.4 Å². The molecule has 0 radical (unpaired) electrons. The first kappa shape index (κ1) is 31.8. The number of carbonyl (C=O) groups is 4. The molecule has 1 aliphatic rings. The average Bonchev–Trinajstić information content (AvgIpc) is 3.32. The fraction of sp³-hybridized carbons (Fsp3) is 0.312. The number of aliphatic hydroxyl groups is 1. The van der Waals surface area contributed by atoms with Crippen molar-refractivity contribution in [3.8, 4) is 17.2 Å². The minimum Gasteiger partial charge on any atom is -0.494 e. The van der Waals surface area contributed by atoms with E-state index in [9.17, 15) is 19.2 Å². The van der Waals surface area contributed by atoms with Gasteiger partial charge in [0.25, 0.3) is 11.8 Å². The van der Waals surface area contributed by atoms with Crippen LogP contribution in [-0.4, -0.2) is 66.7 Å². The van der Waals surface area contributed by atoms with E-state index in [0.717, 1.165) is 31.2 Å². The number of benzene rings is 2. The third-order valence-electron chi connectivity index (χ3n) is 6.05. The molecule has 0 atom stereocenters. The van der Waals surface area contributed by atoms with Crippen LogP contribution in [-0.2, 0) is 23.9 Å². The van der Waals surface area contributed by atoms with E-state index in [0.29, 0.717) is 50.0 Å². The van der Waals surface area contributed by atoms with E-state index in [2.05, 4.69) is 6.58 Å². The molecular weight excluding hydrogens is 542 g/mol. The largest absolute Gasteiger partial charge is 0.494 e. The molecule has 42 heavy (non-hydrogen) atoms. The smallest absolute Gasteiger partial charge is 0.336 e. The molecule has 10 heteroatoms. The number of imide groups is 1. The lowest BCUT2D eigenvalue weighted by Crippen LogP contribution is -2.31. The normalized spacial score (nSPS) is 12.5. The molecule has 0 fully saturated rings. The number of amides is 2. The Labute approximate surface area is 244 Å². The zero-order valence-corrected chi connectivity index (χ0v) is 23.4. The Morgan fingerprint density at radius 1 is 0.762 bits per heavy atom. The predicted octanol–water partition coefficient (Wildman–Crippen LogP) is 4.03. The highest BCUT2D eigenvalue weighted by molar-refractivity contribution is 6.12. The number of hydrogen-bond donors (Lipinski definition) is 1. The van der Waals surface area contributed by atoms with Crippen molar-refractivity contribution < 1.29 is 43.2 Å². The molecule has 10 nitrogen and oxygen atoms in total. The highest BCUT2D eigenvalue weighted by Crippen LogP contribution is 2.19. The number of esters is 2. The first-order valence-corrected chi connectivity index (χ1v) is 13.7.